The molecule has 1 aromatic heterocycles. The van der Waals surface area contributed by atoms with E-state index in [9.17, 15) is 9.18 Å². The molecule has 5 rings (SSSR count). The van der Waals surface area contributed by atoms with Gasteiger partial charge in [-0.25, -0.2) is 9.37 Å². The molecule has 1 unspecified atom stereocenters. The highest BCUT2D eigenvalue weighted by Crippen LogP contribution is 2.31. The molecule has 2 heterocycles. The van der Waals surface area contributed by atoms with Gasteiger partial charge in [0.15, 0.2) is 0 Å². The van der Waals surface area contributed by atoms with E-state index in [1.165, 1.54) is 12.1 Å². The molecule has 4 aromatic rings. The number of nitrogens with one attached hydrogen (secondary N) is 1. The van der Waals surface area contributed by atoms with Crippen LogP contribution in [0.2, 0.25) is 0 Å². The SMILES string of the molecule is O=C(Nc1c(-c2ccc(F)cc2)ncn1Cc1ccccc1)C1COc2ccccc2C1. The Morgan fingerprint density at radius 3 is 2.59 bits per heavy atom. The van der Waals surface area contributed by atoms with Crippen LogP contribution in [-0.2, 0) is 17.8 Å². The van der Waals surface area contributed by atoms with Crippen LogP contribution in [0.4, 0.5) is 10.2 Å². The van der Waals surface area contributed by atoms with Crippen molar-refractivity contribution in [3.05, 3.63) is 102 Å². The topological polar surface area (TPSA) is 56.2 Å². The average Bonchev–Trinajstić information content (AvgIpc) is 3.21. The summed E-state index contributed by atoms with van der Waals surface area (Å²) in [6, 6.07) is 23.9. The summed E-state index contributed by atoms with van der Waals surface area (Å²) >= 11 is 0. The van der Waals surface area contributed by atoms with E-state index in [4.69, 9.17) is 4.74 Å². The monoisotopic (exact) mass is 427 g/mol. The molecule has 0 saturated carbocycles. The van der Waals surface area contributed by atoms with Crippen LogP contribution >= 0.6 is 0 Å². The second kappa shape index (κ2) is 8.67. The summed E-state index contributed by atoms with van der Waals surface area (Å²) in [4.78, 5) is 17.8. The van der Waals surface area contributed by atoms with Crippen molar-refractivity contribution in [3.63, 3.8) is 0 Å². The Hall–Kier alpha value is -3.93. The first kappa shape index (κ1) is 20.0. The highest BCUT2D eigenvalue weighted by molar-refractivity contribution is 5.95. The van der Waals surface area contributed by atoms with Gasteiger partial charge in [-0.15, -0.1) is 0 Å². The number of carbonyl (C=O) groups is 1. The Morgan fingerprint density at radius 2 is 1.78 bits per heavy atom. The number of fused-ring (bicyclic) bond motifs is 1. The summed E-state index contributed by atoms with van der Waals surface area (Å²) in [5.74, 6) is 0.659. The van der Waals surface area contributed by atoms with Gasteiger partial charge >= 0.3 is 0 Å². The lowest BCUT2D eigenvalue weighted by atomic mass is 9.96. The largest absolute Gasteiger partial charge is 0.492 e. The number of hydrogen-bond acceptors (Lipinski definition) is 3. The van der Waals surface area contributed by atoms with Crippen LogP contribution in [0.3, 0.4) is 0 Å². The summed E-state index contributed by atoms with van der Waals surface area (Å²) < 4.78 is 21.2. The number of nitrogens with zero attached hydrogens (tertiary/aromatic N) is 2. The number of imidazole rings is 1. The second-order valence-corrected chi connectivity index (χ2v) is 7.87. The zero-order valence-corrected chi connectivity index (χ0v) is 17.4. The number of anilines is 1. The standard InChI is InChI=1S/C26H22FN3O2/c27-22-12-10-19(11-13-22)24-25(30(17-28-24)15-18-6-2-1-3-7-18)29-26(31)21-14-20-8-4-5-9-23(20)32-16-21/h1-13,17,21H,14-16H2,(H,29,31). The van der Waals surface area contributed by atoms with Crippen molar-refractivity contribution < 1.29 is 13.9 Å². The molecule has 32 heavy (non-hydrogen) atoms. The van der Waals surface area contributed by atoms with Crippen LogP contribution in [0.5, 0.6) is 5.75 Å². The number of benzene rings is 3. The highest BCUT2D eigenvalue weighted by Gasteiger charge is 2.27. The van der Waals surface area contributed by atoms with Crippen molar-refractivity contribution in [2.75, 3.05) is 11.9 Å². The number of carbonyl (C=O) groups excluding carboxylic acids is 1. The van der Waals surface area contributed by atoms with Gasteiger partial charge in [0, 0.05) is 5.56 Å². The van der Waals surface area contributed by atoms with Gasteiger partial charge in [0.2, 0.25) is 5.91 Å². The van der Waals surface area contributed by atoms with Crippen molar-refractivity contribution in [2.24, 2.45) is 5.92 Å². The first-order valence-corrected chi connectivity index (χ1v) is 10.5. The third kappa shape index (κ3) is 4.12. The van der Waals surface area contributed by atoms with E-state index in [1.54, 1.807) is 18.5 Å². The summed E-state index contributed by atoms with van der Waals surface area (Å²) in [5.41, 5.74) is 3.45. The Bertz CT molecular complexity index is 1240. The molecule has 6 heteroatoms. The molecule has 3 aromatic carbocycles. The van der Waals surface area contributed by atoms with E-state index < -0.39 is 0 Å². The third-order valence-corrected chi connectivity index (χ3v) is 5.64. The summed E-state index contributed by atoms with van der Waals surface area (Å²) in [7, 11) is 0. The van der Waals surface area contributed by atoms with Gasteiger partial charge in [0.05, 0.1) is 18.8 Å². The van der Waals surface area contributed by atoms with Gasteiger partial charge in [0.1, 0.15) is 29.7 Å². The Kier molecular flexibility index (Phi) is 5.42. The zero-order chi connectivity index (χ0) is 21.9. The number of para-hydroxylation sites is 1. The van der Waals surface area contributed by atoms with Crippen LogP contribution < -0.4 is 10.1 Å². The number of aromatic nitrogens is 2. The molecule has 1 amide bonds. The van der Waals surface area contributed by atoms with Crippen molar-refractivity contribution in [2.45, 2.75) is 13.0 Å². The summed E-state index contributed by atoms with van der Waals surface area (Å²) in [6.07, 6.45) is 2.31. The normalized spacial score (nSPS) is 15.0. The van der Waals surface area contributed by atoms with Crippen molar-refractivity contribution >= 4 is 11.7 Å². The van der Waals surface area contributed by atoms with E-state index in [0.717, 1.165) is 22.4 Å². The van der Waals surface area contributed by atoms with Crippen molar-refractivity contribution in [1.82, 2.24) is 9.55 Å². The molecule has 160 valence electrons. The predicted molar refractivity (Wildman–Crippen MR) is 121 cm³/mol. The fraction of sp³-hybridized carbons (Fsp3) is 0.154. The third-order valence-electron chi connectivity index (χ3n) is 5.64. The van der Waals surface area contributed by atoms with Crippen LogP contribution in [-0.4, -0.2) is 22.1 Å². The quantitative estimate of drug-likeness (QED) is 0.492. The number of amides is 1. The minimum atomic E-state index is -0.318. The van der Waals surface area contributed by atoms with E-state index in [1.807, 2.05) is 59.2 Å². The van der Waals surface area contributed by atoms with Gasteiger partial charge < -0.3 is 14.6 Å². The van der Waals surface area contributed by atoms with Crippen LogP contribution in [0.1, 0.15) is 11.1 Å². The molecular weight excluding hydrogens is 405 g/mol. The first-order valence-electron chi connectivity index (χ1n) is 10.5. The summed E-state index contributed by atoms with van der Waals surface area (Å²) in [5, 5.41) is 3.08. The molecule has 0 saturated heterocycles. The van der Waals surface area contributed by atoms with Gasteiger partial charge in [-0.3, -0.25) is 4.79 Å². The maximum absolute atomic E-state index is 13.5. The van der Waals surface area contributed by atoms with Crippen LogP contribution in [0.15, 0.2) is 85.2 Å². The molecular formula is C26H22FN3O2. The second-order valence-electron chi connectivity index (χ2n) is 7.87. The predicted octanol–water partition coefficient (Wildman–Crippen LogP) is 4.93. The molecule has 0 radical (unpaired) electrons. The number of halogens is 1. The minimum Gasteiger partial charge on any atom is -0.492 e. The first-order chi connectivity index (χ1) is 15.7. The molecule has 0 fully saturated rings. The maximum atomic E-state index is 13.5. The fourth-order valence-corrected chi connectivity index (χ4v) is 3.95. The summed E-state index contributed by atoms with van der Waals surface area (Å²) in [6.45, 7) is 0.871. The Balaban J connectivity index is 1.45. The number of rotatable bonds is 5. The fourth-order valence-electron chi connectivity index (χ4n) is 3.95. The molecule has 1 aliphatic rings. The lowest BCUT2D eigenvalue weighted by molar-refractivity contribution is -0.121. The van der Waals surface area contributed by atoms with Crippen LogP contribution in [0, 0.1) is 11.7 Å². The molecule has 1 atom stereocenters. The molecule has 0 bridgehead atoms. The van der Waals surface area contributed by atoms with Gasteiger partial charge in [-0.2, -0.15) is 0 Å². The molecule has 0 aliphatic carbocycles. The van der Waals surface area contributed by atoms with Gasteiger partial charge in [-0.05, 0) is 47.9 Å². The highest BCUT2D eigenvalue weighted by atomic mass is 19.1. The van der Waals surface area contributed by atoms with Crippen LogP contribution in [0.25, 0.3) is 11.3 Å². The van der Waals surface area contributed by atoms with E-state index >= 15 is 0 Å². The van der Waals surface area contributed by atoms with E-state index in [-0.39, 0.29) is 17.6 Å². The lowest BCUT2D eigenvalue weighted by Crippen LogP contribution is -2.33. The Labute approximate surface area is 185 Å². The number of ether oxygens (including phenoxy) is 1. The smallest absolute Gasteiger partial charge is 0.232 e. The zero-order valence-electron chi connectivity index (χ0n) is 17.4. The van der Waals surface area contributed by atoms with Gasteiger partial charge in [0.25, 0.3) is 0 Å². The minimum absolute atomic E-state index is 0.127. The lowest BCUT2D eigenvalue weighted by Gasteiger charge is -2.25. The molecule has 1 N–H and O–H groups in total. The number of hydrogen-bond donors (Lipinski definition) is 1. The molecule has 0 spiro atoms. The average molecular weight is 427 g/mol. The van der Waals surface area contributed by atoms with E-state index in [2.05, 4.69) is 10.3 Å². The molecule has 1 aliphatic heterocycles. The van der Waals surface area contributed by atoms with E-state index in [0.29, 0.717) is 31.1 Å². The van der Waals surface area contributed by atoms with Crippen molar-refractivity contribution in [1.29, 1.82) is 0 Å². The maximum Gasteiger partial charge on any atom is 0.232 e. The molecule has 5 nitrogen and oxygen atoms in total. The Morgan fingerprint density at radius 1 is 1.03 bits per heavy atom. The van der Waals surface area contributed by atoms with Crippen molar-refractivity contribution in [3.8, 4) is 17.0 Å². The van der Waals surface area contributed by atoms with Gasteiger partial charge in [-0.1, -0.05) is 48.5 Å².